The summed E-state index contributed by atoms with van der Waals surface area (Å²) >= 11 is 0. The van der Waals surface area contributed by atoms with Gasteiger partial charge in [0.05, 0.1) is 19.8 Å². The number of hydrogen-bond donors (Lipinski definition) is 1. The van der Waals surface area contributed by atoms with Crippen molar-refractivity contribution in [2.75, 3.05) is 26.4 Å². The number of ether oxygens (including phenoxy) is 2. The largest absolute Gasteiger partial charge is 0.491 e. The van der Waals surface area contributed by atoms with E-state index >= 15 is 0 Å². The minimum atomic E-state index is 0.0616. The molecular formula is C14H22O3. The Hall–Kier alpha value is -1.06. The van der Waals surface area contributed by atoms with Gasteiger partial charge in [-0.05, 0) is 30.5 Å². The van der Waals surface area contributed by atoms with Crippen LogP contribution in [0.25, 0.3) is 0 Å². The quantitative estimate of drug-likeness (QED) is 0.671. The minimum Gasteiger partial charge on any atom is -0.491 e. The van der Waals surface area contributed by atoms with Crippen molar-refractivity contribution in [3.63, 3.8) is 0 Å². The van der Waals surface area contributed by atoms with Crippen molar-refractivity contribution in [1.29, 1.82) is 0 Å². The molecule has 0 amide bonds. The molecule has 0 saturated heterocycles. The molecule has 0 heterocycles. The lowest BCUT2D eigenvalue weighted by molar-refractivity contribution is 0.0705. The van der Waals surface area contributed by atoms with E-state index in [2.05, 4.69) is 19.1 Å². The van der Waals surface area contributed by atoms with Crippen LogP contribution in [0.15, 0.2) is 24.3 Å². The van der Waals surface area contributed by atoms with Crippen LogP contribution in [-0.4, -0.2) is 31.5 Å². The average molecular weight is 238 g/mol. The van der Waals surface area contributed by atoms with Gasteiger partial charge in [-0.2, -0.15) is 0 Å². The molecule has 3 heteroatoms. The number of aryl methyl sites for hydroxylation is 1. The predicted molar refractivity (Wildman–Crippen MR) is 68.5 cm³/mol. The highest BCUT2D eigenvalue weighted by molar-refractivity contribution is 5.27. The highest BCUT2D eigenvalue weighted by Gasteiger charge is 1.95. The molecule has 1 rings (SSSR count). The molecular weight excluding hydrogens is 216 g/mol. The Balaban J connectivity index is 2.20. The van der Waals surface area contributed by atoms with Gasteiger partial charge in [0.2, 0.25) is 0 Å². The van der Waals surface area contributed by atoms with E-state index in [1.54, 1.807) is 0 Å². The fourth-order valence-corrected chi connectivity index (χ4v) is 1.52. The standard InChI is InChI=1S/C14H22O3/c1-2-3-4-13-5-7-14(8-6-13)17-12-11-16-10-9-15/h5-8,15H,2-4,9-12H2,1H3. The summed E-state index contributed by atoms with van der Waals surface area (Å²) in [5, 5.41) is 8.52. The number of aliphatic hydroxyl groups excluding tert-OH is 1. The molecule has 0 unspecified atom stereocenters. The molecule has 0 bridgehead atoms. The summed E-state index contributed by atoms with van der Waals surface area (Å²) in [6.07, 6.45) is 3.59. The Morgan fingerprint density at radius 1 is 1.06 bits per heavy atom. The van der Waals surface area contributed by atoms with E-state index in [-0.39, 0.29) is 6.61 Å². The van der Waals surface area contributed by atoms with Crippen LogP contribution < -0.4 is 4.74 Å². The smallest absolute Gasteiger partial charge is 0.119 e. The lowest BCUT2D eigenvalue weighted by atomic mass is 10.1. The van der Waals surface area contributed by atoms with E-state index in [9.17, 15) is 0 Å². The maximum atomic E-state index is 8.52. The SMILES string of the molecule is CCCCc1ccc(OCCOCCO)cc1. The number of benzene rings is 1. The third-order valence-electron chi connectivity index (χ3n) is 2.47. The van der Waals surface area contributed by atoms with Crippen molar-refractivity contribution < 1.29 is 14.6 Å². The summed E-state index contributed by atoms with van der Waals surface area (Å²) in [5.74, 6) is 0.873. The number of hydrogen-bond acceptors (Lipinski definition) is 3. The van der Waals surface area contributed by atoms with Crippen LogP contribution in [0.5, 0.6) is 5.75 Å². The van der Waals surface area contributed by atoms with Gasteiger partial charge < -0.3 is 14.6 Å². The van der Waals surface area contributed by atoms with Gasteiger partial charge in [0, 0.05) is 0 Å². The van der Waals surface area contributed by atoms with E-state index < -0.39 is 0 Å². The molecule has 1 N–H and O–H groups in total. The van der Waals surface area contributed by atoms with E-state index in [0.29, 0.717) is 19.8 Å². The summed E-state index contributed by atoms with van der Waals surface area (Å²) in [5.41, 5.74) is 1.36. The molecule has 17 heavy (non-hydrogen) atoms. The van der Waals surface area contributed by atoms with Crippen molar-refractivity contribution in [3.8, 4) is 5.75 Å². The van der Waals surface area contributed by atoms with E-state index in [1.165, 1.54) is 18.4 Å². The average Bonchev–Trinajstić information content (AvgIpc) is 2.37. The van der Waals surface area contributed by atoms with E-state index in [0.717, 1.165) is 12.2 Å². The Morgan fingerprint density at radius 3 is 2.47 bits per heavy atom. The monoisotopic (exact) mass is 238 g/mol. The van der Waals surface area contributed by atoms with Crippen LogP contribution in [0.3, 0.4) is 0 Å². The minimum absolute atomic E-state index is 0.0616. The first-order chi connectivity index (χ1) is 8.36. The van der Waals surface area contributed by atoms with Gasteiger partial charge in [-0.15, -0.1) is 0 Å². The maximum absolute atomic E-state index is 8.52. The van der Waals surface area contributed by atoms with Crippen LogP contribution in [0.4, 0.5) is 0 Å². The topological polar surface area (TPSA) is 38.7 Å². The van der Waals surface area contributed by atoms with Gasteiger partial charge >= 0.3 is 0 Å². The second-order valence-corrected chi connectivity index (χ2v) is 3.93. The number of unbranched alkanes of at least 4 members (excludes halogenated alkanes) is 1. The van der Waals surface area contributed by atoms with Crippen LogP contribution in [0.2, 0.25) is 0 Å². The van der Waals surface area contributed by atoms with Gasteiger partial charge in [-0.25, -0.2) is 0 Å². The molecule has 0 atom stereocenters. The van der Waals surface area contributed by atoms with Crippen LogP contribution in [0.1, 0.15) is 25.3 Å². The van der Waals surface area contributed by atoms with Crippen molar-refractivity contribution in [1.82, 2.24) is 0 Å². The third-order valence-corrected chi connectivity index (χ3v) is 2.47. The zero-order valence-corrected chi connectivity index (χ0v) is 10.5. The van der Waals surface area contributed by atoms with E-state index in [4.69, 9.17) is 14.6 Å². The molecule has 1 aromatic rings. The molecule has 1 aromatic carbocycles. The van der Waals surface area contributed by atoms with Crippen LogP contribution in [-0.2, 0) is 11.2 Å². The second kappa shape index (κ2) is 9.02. The molecule has 0 aliphatic heterocycles. The van der Waals surface area contributed by atoms with Crippen molar-refractivity contribution in [3.05, 3.63) is 29.8 Å². The molecule has 0 radical (unpaired) electrons. The Labute approximate surface area is 103 Å². The number of aliphatic hydroxyl groups is 1. The molecule has 0 fully saturated rings. The molecule has 0 aliphatic carbocycles. The van der Waals surface area contributed by atoms with Gasteiger partial charge in [0.15, 0.2) is 0 Å². The summed E-state index contributed by atoms with van der Waals surface area (Å²) < 4.78 is 10.6. The zero-order valence-electron chi connectivity index (χ0n) is 10.5. The summed E-state index contributed by atoms with van der Waals surface area (Å²) in [6, 6.07) is 8.22. The lowest BCUT2D eigenvalue weighted by Gasteiger charge is -2.07. The molecule has 96 valence electrons. The lowest BCUT2D eigenvalue weighted by Crippen LogP contribution is -2.09. The second-order valence-electron chi connectivity index (χ2n) is 3.93. The fourth-order valence-electron chi connectivity index (χ4n) is 1.52. The van der Waals surface area contributed by atoms with Crippen LogP contribution in [0, 0.1) is 0 Å². The molecule has 0 aliphatic rings. The highest BCUT2D eigenvalue weighted by atomic mass is 16.5. The van der Waals surface area contributed by atoms with Crippen molar-refractivity contribution in [2.45, 2.75) is 26.2 Å². The Kier molecular flexibility index (Phi) is 7.43. The third kappa shape index (κ3) is 6.29. The predicted octanol–water partition coefficient (Wildman–Crippen LogP) is 2.42. The normalized spacial score (nSPS) is 10.5. The summed E-state index contributed by atoms with van der Waals surface area (Å²) in [6.45, 7) is 3.67. The Bertz CT molecular complexity index is 282. The maximum Gasteiger partial charge on any atom is 0.119 e. The molecule has 0 aromatic heterocycles. The Morgan fingerprint density at radius 2 is 1.82 bits per heavy atom. The van der Waals surface area contributed by atoms with Gasteiger partial charge in [-0.3, -0.25) is 0 Å². The fraction of sp³-hybridized carbons (Fsp3) is 0.571. The summed E-state index contributed by atoms with van der Waals surface area (Å²) in [4.78, 5) is 0. The van der Waals surface area contributed by atoms with Crippen LogP contribution >= 0.6 is 0 Å². The molecule has 0 saturated carbocycles. The summed E-state index contributed by atoms with van der Waals surface area (Å²) in [7, 11) is 0. The van der Waals surface area contributed by atoms with Crippen molar-refractivity contribution in [2.24, 2.45) is 0 Å². The zero-order chi connectivity index (χ0) is 12.3. The molecule has 3 nitrogen and oxygen atoms in total. The van der Waals surface area contributed by atoms with Gasteiger partial charge in [0.1, 0.15) is 12.4 Å². The van der Waals surface area contributed by atoms with Gasteiger partial charge in [-0.1, -0.05) is 25.5 Å². The number of rotatable bonds is 9. The first kappa shape index (κ1) is 14.0. The first-order valence-electron chi connectivity index (χ1n) is 6.27. The highest BCUT2D eigenvalue weighted by Crippen LogP contribution is 2.13. The van der Waals surface area contributed by atoms with Gasteiger partial charge in [0.25, 0.3) is 0 Å². The van der Waals surface area contributed by atoms with Crippen molar-refractivity contribution >= 4 is 0 Å². The molecule has 0 spiro atoms. The van der Waals surface area contributed by atoms with E-state index in [1.807, 2.05) is 12.1 Å². The first-order valence-corrected chi connectivity index (χ1v) is 6.27.